The number of fused-ring (bicyclic) bond motifs is 1. The molecule has 1 N–H and O–H groups in total. The van der Waals surface area contributed by atoms with Crippen LogP contribution >= 0.6 is 0 Å². The molecule has 1 aromatic heterocycles. The van der Waals surface area contributed by atoms with Crippen molar-refractivity contribution in [1.82, 2.24) is 10.1 Å². The molecule has 3 rings (SSSR count). The van der Waals surface area contributed by atoms with Gasteiger partial charge in [-0.3, -0.25) is 4.79 Å². The Kier molecular flexibility index (Phi) is 3.44. The van der Waals surface area contributed by atoms with E-state index in [9.17, 15) is 9.90 Å². The van der Waals surface area contributed by atoms with Crippen molar-refractivity contribution in [3.8, 4) is 0 Å². The zero-order valence-corrected chi connectivity index (χ0v) is 11.5. The number of benzene rings is 1. The molecule has 5 heteroatoms. The molecule has 0 radical (unpaired) electrons. The van der Waals surface area contributed by atoms with Gasteiger partial charge >= 0.3 is 0 Å². The number of carbonyl (C=O) groups excluding carboxylic acids is 1. The van der Waals surface area contributed by atoms with Crippen LogP contribution in [0, 0.1) is 5.92 Å². The Labute approximate surface area is 117 Å². The number of aliphatic hydroxyl groups is 1. The molecular weight excluding hydrogens is 256 g/mol. The zero-order chi connectivity index (χ0) is 14.1. The Hall–Kier alpha value is -1.88. The third-order valence-electron chi connectivity index (χ3n) is 4.03. The fraction of sp³-hybridized carbons (Fsp3) is 0.467. The highest BCUT2D eigenvalue weighted by Gasteiger charge is 2.29. The SMILES string of the molecule is CC(O)C1CCN(C(=O)Cc2noc3ccccc23)C1. The number of aromatic nitrogens is 1. The van der Waals surface area contributed by atoms with Gasteiger partial charge in [0, 0.05) is 24.4 Å². The van der Waals surface area contributed by atoms with Crippen molar-refractivity contribution in [3.63, 3.8) is 0 Å². The minimum absolute atomic E-state index is 0.0483. The molecule has 2 aromatic rings. The molecule has 0 saturated carbocycles. The van der Waals surface area contributed by atoms with E-state index in [1.807, 2.05) is 24.3 Å². The van der Waals surface area contributed by atoms with Crippen LogP contribution in [0.1, 0.15) is 19.0 Å². The van der Waals surface area contributed by atoms with Gasteiger partial charge in [-0.1, -0.05) is 17.3 Å². The van der Waals surface area contributed by atoms with E-state index in [2.05, 4.69) is 5.16 Å². The van der Waals surface area contributed by atoms with Gasteiger partial charge < -0.3 is 14.5 Å². The summed E-state index contributed by atoms with van der Waals surface area (Å²) >= 11 is 0. The van der Waals surface area contributed by atoms with E-state index >= 15 is 0 Å². The van der Waals surface area contributed by atoms with Gasteiger partial charge in [-0.25, -0.2) is 0 Å². The van der Waals surface area contributed by atoms with Crippen LogP contribution in [0.5, 0.6) is 0 Å². The van der Waals surface area contributed by atoms with E-state index in [1.54, 1.807) is 11.8 Å². The minimum atomic E-state index is -0.360. The van der Waals surface area contributed by atoms with Gasteiger partial charge in [0.2, 0.25) is 5.91 Å². The molecule has 20 heavy (non-hydrogen) atoms. The number of para-hydroxylation sites is 1. The van der Waals surface area contributed by atoms with Gasteiger partial charge in [-0.05, 0) is 25.5 Å². The van der Waals surface area contributed by atoms with E-state index in [0.29, 0.717) is 24.4 Å². The summed E-state index contributed by atoms with van der Waals surface area (Å²) in [4.78, 5) is 14.1. The molecule has 2 atom stereocenters. The maximum atomic E-state index is 12.3. The fourth-order valence-electron chi connectivity index (χ4n) is 2.73. The largest absolute Gasteiger partial charge is 0.393 e. The molecule has 0 bridgehead atoms. The Morgan fingerprint density at radius 1 is 1.55 bits per heavy atom. The smallest absolute Gasteiger partial charge is 0.228 e. The summed E-state index contributed by atoms with van der Waals surface area (Å²) in [5.74, 6) is 0.236. The van der Waals surface area contributed by atoms with Crippen molar-refractivity contribution in [2.75, 3.05) is 13.1 Å². The van der Waals surface area contributed by atoms with Gasteiger partial charge in [0.05, 0.1) is 12.5 Å². The molecule has 1 aliphatic heterocycles. The molecule has 1 aliphatic rings. The van der Waals surface area contributed by atoms with Crippen molar-refractivity contribution in [2.45, 2.75) is 25.9 Å². The van der Waals surface area contributed by atoms with Crippen molar-refractivity contribution in [1.29, 1.82) is 0 Å². The number of amides is 1. The molecule has 0 aliphatic carbocycles. The van der Waals surface area contributed by atoms with Crippen molar-refractivity contribution in [3.05, 3.63) is 30.0 Å². The third kappa shape index (κ3) is 2.41. The maximum Gasteiger partial charge on any atom is 0.228 e. The van der Waals surface area contributed by atoms with Crippen LogP contribution in [0.15, 0.2) is 28.8 Å². The van der Waals surface area contributed by atoms with E-state index in [0.717, 1.165) is 11.8 Å². The average Bonchev–Trinajstić information content (AvgIpc) is 3.06. The molecule has 106 valence electrons. The van der Waals surface area contributed by atoms with Crippen molar-refractivity contribution >= 4 is 16.9 Å². The predicted molar refractivity (Wildman–Crippen MR) is 74.1 cm³/mol. The molecule has 2 unspecified atom stereocenters. The standard InChI is InChI=1S/C15H18N2O3/c1-10(18)11-6-7-17(9-11)15(19)8-13-12-4-2-3-5-14(12)20-16-13/h2-5,10-11,18H,6-9H2,1H3. The molecule has 2 heterocycles. The lowest BCUT2D eigenvalue weighted by Gasteiger charge is -2.17. The van der Waals surface area contributed by atoms with Crippen LogP contribution in [-0.2, 0) is 11.2 Å². The lowest BCUT2D eigenvalue weighted by molar-refractivity contribution is -0.129. The number of rotatable bonds is 3. The average molecular weight is 274 g/mol. The second-order valence-corrected chi connectivity index (χ2v) is 5.43. The number of hydrogen-bond acceptors (Lipinski definition) is 4. The summed E-state index contributed by atoms with van der Waals surface area (Å²) in [5.41, 5.74) is 1.39. The van der Waals surface area contributed by atoms with Gasteiger partial charge in [0.15, 0.2) is 5.58 Å². The summed E-state index contributed by atoms with van der Waals surface area (Å²) in [5, 5.41) is 14.5. The quantitative estimate of drug-likeness (QED) is 0.923. The van der Waals surface area contributed by atoms with Gasteiger partial charge in [0.1, 0.15) is 5.69 Å². The highest BCUT2D eigenvalue weighted by molar-refractivity contribution is 5.86. The van der Waals surface area contributed by atoms with Crippen molar-refractivity contribution in [2.24, 2.45) is 5.92 Å². The third-order valence-corrected chi connectivity index (χ3v) is 4.03. The van der Waals surface area contributed by atoms with Crippen LogP contribution in [0.3, 0.4) is 0 Å². The van der Waals surface area contributed by atoms with E-state index in [-0.39, 0.29) is 24.3 Å². The van der Waals surface area contributed by atoms with E-state index < -0.39 is 0 Å². The Balaban J connectivity index is 1.70. The second kappa shape index (κ2) is 5.25. The van der Waals surface area contributed by atoms with Crippen molar-refractivity contribution < 1.29 is 14.4 Å². The topological polar surface area (TPSA) is 66.6 Å². The first-order chi connectivity index (χ1) is 9.65. The minimum Gasteiger partial charge on any atom is -0.393 e. The van der Waals surface area contributed by atoms with Crippen LogP contribution in [0.25, 0.3) is 11.0 Å². The lowest BCUT2D eigenvalue weighted by Crippen LogP contribution is -2.31. The highest BCUT2D eigenvalue weighted by atomic mass is 16.5. The van der Waals surface area contributed by atoms with Gasteiger partial charge in [-0.15, -0.1) is 0 Å². The summed E-state index contributed by atoms with van der Waals surface area (Å²) in [6, 6.07) is 7.55. The normalized spacial score (nSPS) is 20.5. The van der Waals surface area contributed by atoms with Gasteiger partial charge in [0.25, 0.3) is 0 Å². The zero-order valence-electron chi connectivity index (χ0n) is 11.5. The first-order valence-corrected chi connectivity index (χ1v) is 6.94. The van der Waals surface area contributed by atoms with Gasteiger partial charge in [-0.2, -0.15) is 0 Å². The summed E-state index contributed by atoms with van der Waals surface area (Å²) in [6.07, 6.45) is 0.757. The molecule has 0 spiro atoms. The number of hydrogen-bond donors (Lipinski definition) is 1. The number of nitrogens with zero attached hydrogens (tertiary/aromatic N) is 2. The van der Waals surface area contributed by atoms with Crippen LogP contribution in [0.2, 0.25) is 0 Å². The first kappa shape index (κ1) is 13.1. The Bertz CT molecular complexity index is 620. The summed E-state index contributed by atoms with van der Waals surface area (Å²) in [7, 11) is 0. The lowest BCUT2D eigenvalue weighted by atomic mass is 10.0. The molecular formula is C15H18N2O3. The number of likely N-dealkylation sites (tertiary alicyclic amines) is 1. The van der Waals surface area contributed by atoms with Crippen LogP contribution in [-0.4, -0.2) is 40.3 Å². The highest BCUT2D eigenvalue weighted by Crippen LogP contribution is 2.22. The summed E-state index contributed by atoms with van der Waals surface area (Å²) < 4.78 is 5.21. The monoisotopic (exact) mass is 274 g/mol. The molecule has 1 saturated heterocycles. The summed E-state index contributed by atoms with van der Waals surface area (Å²) in [6.45, 7) is 3.13. The Morgan fingerprint density at radius 2 is 2.35 bits per heavy atom. The molecule has 5 nitrogen and oxygen atoms in total. The van der Waals surface area contributed by atoms with E-state index in [1.165, 1.54) is 0 Å². The first-order valence-electron chi connectivity index (χ1n) is 6.94. The number of aliphatic hydroxyl groups excluding tert-OH is 1. The molecule has 1 fully saturated rings. The molecule has 1 aromatic carbocycles. The number of carbonyl (C=O) groups is 1. The van der Waals surface area contributed by atoms with Crippen LogP contribution < -0.4 is 0 Å². The second-order valence-electron chi connectivity index (χ2n) is 5.43. The maximum absolute atomic E-state index is 12.3. The Morgan fingerprint density at radius 3 is 3.10 bits per heavy atom. The van der Waals surface area contributed by atoms with Crippen LogP contribution in [0.4, 0.5) is 0 Å². The fourth-order valence-corrected chi connectivity index (χ4v) is 2.73. The predicted octanol–water partition coefficient (Wildman–Crippen LogP) is 1.60. The van der Waals surface area contributed by atoms with E-state index in [4.69, 9.17) is 4.52 Å². The molecule has 1 amide bonds.